The lowest BCUT2D eigenvalue weighted by molar-refractivity contribution is 0.315. The molecular weight excluding hydrogens is 424 g/mol. The second-order valence-corrected chi connectivity index (χ2v) is 9.20. The molecule has 1 aliphatic heterocycles. The van der Waals surface area contributed by atoms with E-state index in [1.54, 1.807) is 17.5 Å². The predicted octanol–water partition coefficient (Wildman–Crippen LogP) is 3.16. The molecule has 0 radical (unpaired) electrons. The number of fused-ring (bicyclic) bond motifs is 2. The standard InChI is InChI=1S/C22H24N8OS/c1-14(27-31)19-6-7-21-24-25-22(30(21)26-19)32-18-4-5-20-15(11-18)10-17(12-23-20)29-9-8-16(13-29)28(2)3/h4-7,10-12,16,31H,8-9,13H2,1-3H3/b27-14-. The van der Waals surface area contributed by atoms with Crippen molar-refractivity contribution in [2.45, 2.75) is 29.4 Å². The van der Waals surface area contributed by atoms with Gasteiger partial charge in [-0.05, 0) is 75.6 Å². The molecule has 1 atom stereocenters. The second kappa shape index (κ2) is 8.36. The number of benzene rings is 1. The van der Waals surface area contributed by atoms with Crippen molar-refractivity contribution in [2.24, 2.45) is 5.16 Å². The molecule has 0 spiro atoms. The van der Waals surface area contributed by atoms with E-state index >= 15 is 0 Å². The molecule has 1 aliphatic rings. The van der Waals surface area contributed by atoms with Crippen LogP contribution in [0.25, 0.3) is 16.6 Å². The maximum Gasteiger partial charge on any atom is 0.217 e. The van der Waals surface area contributed by atoms with Crippen molar-refractivity contribution in [3.05, 3.63) is 48.3 Å². The number of pyridine rings is 1. The average molecular weight is 449 g/mol. The van der Waals surface area contributed by atoms with Crippen LogP contribution in [0.1, 0.15) is 19.0 Å². The van der Waals surface area contributed by atoms with E-state index in [1.807, 2.05) is 24.4 Å². The Labute approximate surface area is 189 Å². The number of hydrogen-bond acceptors (Lipinski definition) is 9. The minimum atomic E-state index is 0.430. The van der Waals surface area contributed by atoms with Crippen molar-refractivity contribution in [2.75, 3.05) is 32.1 Å². The first-order valence-corrected chi connectivity index (χ1v) is 11.2. The van der Waals surface area contributed by atoms with Crippen LogP contribution >= 0.6 is 11.8 Å². The first kappa shape index (κ1) is 20.7. The molecule has 5 rings (SSSR count). The molecular formula is C22H24N8OS. The SMILES string of the molecule is C/C(=N/O)c1ccc2nnc(Sc3ccc4ncc(N5CCC(N(C)C)C5)cc4c3)n2n1. The highest BCUT2D eigenvalue weighted by Gasteiger charge is 2.24. The quantitative estimate of drug-likeness (QED) is 0.283. The van der Waals surface area contributed by atoms with Crippen molar-refractivity contribution < 1.29 is 5.21 Å². The van der Waals surface area contributed by atoms with Gasteiger partial charge < -0.3 is 15.0 Å². The number of oxime groups is 1. The van der Waals surface area contributed by atoms with Gasteiger partial charge in [0.2, 0.25) is 5.16 Å². The lowest BCUT2D eigenvalue weighted by Gasteiger charge is -2.21. The molecule has 10 heteroatoms. The van der Waals surface area contributed by atoms with Gasteiger partial charge in [0.25, 0.3) is 0 Å². The minimum absolute atomic E-state index is 0.430. The van der Waals surface area contributed by atoms with Crippen LogP contribution in [0.4, 0.5) is 5.69 Å². The summed E-state index contributed by atoms with van der Waals surface area (Å²) in [5.41, 5.74) is 3.75. The number of likely N-dealkylation sites (N-methyl/N-ethyl adjacent to an activating group) is 1. The molecule has 4 aromatic rings. The Hall–Kier alpha value is -3.24. The summed E-state index contributed by atoms with van der Waals surface area (Å²) < 4.78 is 1.67. The third kappa shape index (κ3) is 3.87. The van der Waals surface area contributed by atoms with E-state index in [2.05, 4.69) is 61.5 Å². The fourth-order valence-corrected chi connectivity index (χ4v) is 4.75. The van der Waals surface area contributed by atoms with Gasteiger partial charge in [-0.1, -0.05) is 5.16 Å². The summed E-state index contributed by atoms with van der Waals surface area (Å²) in [4.78, 5) is 10.4. The van der Waals surface area contributed by atoms with Crippen molar-refractivity contribution in [1.29, 1.82) is 0 Å². The van der Waals surface area contributed by atoms with Crippen LogP contribution in [-0.4, -0.2) is 73.8 Å². The monoisotopic (exact) mass is 448 g/mol. The molecule has 0 bridgehead atoms. The van der Waals surface area contributed by atoms with Crippen molar-refractivity contribution in [1.82, 2.24) is 29.7 Å². The summed E-state index contributed by atoms with van der Waals surface area (Å²) in [7, 11) is 4.28. The third-order valence-corrected chi connectivity index (χ3v) is 6.79. The fraction of sp³-hybridized carbons (Fsp3) is 0.318. The molecule has 0 amide bonds. The van der Waals surface area contributed by atoms with Crippen molar-refractivity contribution >= 4 is 39.7 Å². The highest BCUT2D eigenvalue weighted by Crippen LogP contribution is 2.31. The first-order valence-electron chi connectivity index (χ1n) is 10.4. The van der Waals surface area contributed by atoms with Gasteiger partial charge in [-0.15, -0.1) is 10.2 Å². The summed E-state index contributed by atoms with van der Waals surface area (Å²) in [5.74, 6) is 0. The highest BCUT2D eigenvalue weighted by atomic mass is 32.2. The van der Waals surface area contributed by atoms with E-state index < -0.39 is 0 Å². The lowest BCUT2D eigenvalue weighted by Crippen LogP contribution is -2.31. The van der Waals surface area contributed by atoms with Gasteiger partial charge in [0, 0.05) is 29.4 Å². The maximum atomic E-state index is 9.05. The van der Waals surface area contributed by atoms with E-state index in [0.717, 1.165) is 41.0 Å². The molecule has 0 aliphatic carbocycles. The van der Waals surface area contributed by atoms with E-state index in [4.69, 9.17) is 5.21 Å². The summed E-state index contributed by atoms with van der Waals surface area (Å²) >= 11 is 1.49. The molecule has 1 fully saturated rings. The number of nitrogens with zero attached hydrogens (tertiary/aromatic N) is 8. The smallest absolute Gasteiger partial charge is 0.217 e. The molecule has 0 saturated carbocycles. The Bertz CT molecular complexity index is 1320. The van der Waals surface area contributed by atoms with Gasteiger partial charge in [-0.2, -0.15) is 9.61 Å². The fourth-order valence-electron chi connectivity index (χ4n) is 3.91. The van der Waals surface area contributed by atoms with Gasteiger partial charge in [0.05, 0.1) is 17.4 Å². The van der Waals surface area contributed by atoms with Gasteiger partial charge in [0.1, 0.15) is 11.4 Å². The Morgan fingerprint density at radius 3 is 2.84 bits per heavy atom. The van der Waals surface area contributed by atoms with Crippen LogP contribution in [-0.2, 0) is 0 Å². The molecule has 1 aromatic carbocycles. The highest BCUT2D eigenvalue weighted by molar-refractivity contribution is 7.99. The molecule has 164 valence electrons. The van der Waals surface area contributed by atoms with Crippen LogP contribution < -0.4 is 4.90 Å². The van der Waals surface area contributed by atoms with E-state index in [0.29, 0.717) is 28.3 Å². The molecule has 4 heterocycles. The predicted molar refractivity (Wildman–Crippen MR) is 125 cm³/mol. The van der Waals surface area contributed by atoms with E-state index in [9.17, 15) is 0 Å². The number of hydrogen-bond donors (Lipinski definition) is 1. The van der Waals surface area contributed by atoms with Gasteiger partial charge in [-0.3, -0.25) is 4.98 Å². The number of anilines is 1. The van der Waals surface area contributed by atoms with Crippen molar-refractivity contribution in [3.63, 3.8) is 0 Å². The molecule has 1 unspecified atom stereocenters. The van der Waals surface area contributed by atoms with E-state index in [1.165, 1.54) is 11.8 Å². The van der Waals surface area contributed by atoms with Gasteiger partial charge in [0.15, 0.2) is 5.65 Å². The Balaban J connectivity index is 1.44. The first-order chi connectivity index (χ1) is 15.5. The largest absolute Gasteiger partial charge is 0.411 e. The van der Waals surface area contributed by atoms with Crippen LogP contribution in [0.2, 0.25) is 0 Å². The van der Waals surface area contributed by atoms with Crippen LogP contribution in [0.15, 0.2) is 57.8 Å². The molecule has 1 N–H and O–H groups in total. The summed E-state index contributed by atoms with van der Waals surface area (Å²) in [6.07, 6.45) is 3.13. The second-order valence-electron chi connectivity index (χ2n) is 8.16. The topological polar surface area (TPSA) is 95.0 Å². The normalized spacial score (nSPS) is 17.2. The molecule has 32 heavy (non-hydrogen) atoms. The summed E-state index contributed by atoms with van der Waals surface area (Å²) in [5, 5.41) is 27.0. The van der Waals surface area contributed by atoms with Crippen molar-refractivity contribution in [3.8, 4) is 0 Å². The van der Waals surface area contributed by atoms with Gasteiger partial charge >= 0.3 is 0 Å². The molecule has 1 saturated heterocycles. The zero-order valence-corrected chi connectivity index (χ0v) is 19.0. The van der Waals surface area contributed by atoms with Crippen LogP contribution in [0.5, 0.6) is 0 Å². The lowest BCUT2D eigenvalue weighted by atomic mass is 10.2. The van der Waals surface area contributed by atoms with Gasteiger partial charge in [-0.25, -0.2) is 0 Å². The maximum absolute atomic E-state index is 9.05. The Kier molecular flexibility index (Phi) is 5.40. The average Bonchev–Trinajstić information content (AvgIpc) is 3.46. The zero-order chi connectivity index (χ0) is 22.2. The Morgan fingerprint density at radius 1 is 1.19 bits per heavy atom. The number of rotatable bonds is 5. The molecule has 9 nitrogen and oxygen atoms in total. The van der Waals surface area contributed by atoms with Crippen LogP contribution in [0, 0.1) is 0 Å². The zero-order valence-electron chi connectivity index (χ0n) is 18.2. The number of aromatic nitrogens is 5. The Morgan fingerprint density at radius 2 is 2.06 bits per heavy atom. The third-order valence-electron chi connectivity index (χ3n) is 5.86. The molecule has 3 aromatic heterocycles. The summed E-state index contributed by atoms with van der Waals surface area (Å²) in [6.45, 7) is 3.76. The summed E-state index contributed by atoms with van der Waals surface area (Å²) in [6, 6.07) is 12.5. The van der Waals surface area contributed by atoms with E-state index in [-0.39, 0.29) is 0 Å². The minimum Gasteiger partial charge on any atom is -0.411 e. The van der Waals surface area contributed by atoms with Crippen LogP contribution in [0.3, 0.4) is 0 Å².